The summed E-state index contributed by atoms with van der Waals surface area (Å²) >= 11 is 9.51. The SMILES string of the molecule is COc1cc(OC)c(NC(=O)C=Cc2ccccc2Br)cc1Cl. The zero-order valence-electron chi connectivity index (χ0n) is 12.6. The molecule has 0 spiro atoms. The second-order valence-electron chi connectivity index (χ2n) is 4.53. The number of amides is 1. The van der Waals surface area contributed by atoms with Crippen molar-refractivity contribution in [3.05, 3.63) is 57.5 Å². The van der Waals surface area contributed by atoms with Gasteiger partial charge in [0.05, 0.1) is 24.9 Å². The third-order valence-corrected chi connectivity index (χ3v) is 4.07. The van der Waals surface area contributed by atoms with Crippen LogP contribution in [0.5, 0.6) is 11.5 Å². The third kappa shape index (κ3) is 4.50. The molecule has 1 N–H and O–H groups in total. The normalized spacial score (nSPS) is 10.6. The van der Waals surface area contributed by atoms with Crippen LogP contribution < -0.4 is 14.8 Å². The second kappa shape index (κ2) is 8.04. The standard InChI is InChI=1S/C17H15BrClNO3/c1-22-15-10-16(23-2)14(9-13(15)19)20-17(21)8-7-11-5-3-4-6-12(11)18/h3-10H,1-2H3,(H,20,21). The fourth-order valence-electron chi connectivity index (χ4n) is 1.91. The quantitative estimate of drug-likeness (QED) is 0.741. The fourth-order valence-corrected chi connectivity index (χ4v) is 2.57. The highest BCUT2D eigenvalue weighted by atomic mass is 79.9. The zero-order chi connectivity index (χ0) is 16.8. The van der Waals surface area contributed by atoms with Crippen molar-refractivity contribution < 1.29 is 14.3 Å². The highest BCUT2D eigenvalue weighted by Crippen LogP contribution is 2.35. The maximum atomic E-state index is 12.1. The van der Waals surface area contributed by atoms with Crippen LogP contribution in [-0.2, 0) is 4.79 Å². The number of nitrogens with one attached hydrogen (secondary N) is 1. The van der Waals surface area contributed by atoms with E-state index in [-0.39, 0.29) is 5.91 Å². The van der Waals surface area contributed by atoms with Crippen LogP contribution in [0.25, 0.3) is 6.08 Å². The van der Waals surface area contributed by atoms with E-state index in [0.717, 1.165) is 10.0 Å². The molecule has 23 heavy (non-hydrogen) atoms. The van der Waals surface area contributed by atoms with Gasteiger partial charge in [0.25, 0.3) is 0 Å². The van der Waals surface area contributed by atoms with Gasteiger partial charge in [0, 0.05) is 16.6 Å². The van der Waals surface area contributed by atoms with Crippen LogP contribution in [0.3, 0.4) is 0 Å². The summed E-state index contributed by atoms with van der Waals surface area (Å²) in [5.74, 6) is 0.652. The molecule has 0 aromatic heterocycles. The van der Waals surface area contributed by atoms with Crippen molar-refractivity contribution in [1.29, 1.82) is 0 Å². The Morgan fingerprint density at radius 1 is 1.17 bits per heavy atom. The van der Waals surface area contributed by atoms with Gasteiger partial charge in [-0.15, -0.1) is 0 Å². The molecule has 0 saturated carbocycles. The summed E-state index contributed by atoms with van der Waals surface area (Å²) in [5.41, 5.74) is 1.38. The van der Waals surface area contributed by atoms with E-state index in [9.17, 15) is 4.79 Å². The number of carbonyl (C=O) groups is 1. The minimum absolute atomic E-state index is 0.291. The van der Waals surface area contributed by atoms with Gasteiger partial charge in [-0.2, -0.15) is 0 Å². The lowest BCUT2D eigenvalue weighted by Gasteiger charge is -2.12. The Labute approximate surface area is 148 Å². The Morgan fingerprint density at radius 3 is 2.52 bits per heavy atom. The van der Waals surface area contributed by atoms with Crippen molar-refractivity contribution in [3.63, 3.8) is 0 Å². The predicted octanol–water partition coefficient (Wildman–Crippen LogP) is 4.77. The van der Waals surface area contributed by atoms with Crippen molar-refractivity contribution in [3.8, 4) is 11.5 Å². The van der Waals surface area contributed by atoms with E-state index >= 15 is 0 Å². The number of hydrogen-bond donors (Lipinski definition) is 1. The van der Waals surface area contributed by atoms with Crippen molar-refractivity contribution in [2.24, 2.45) is 0 Å². The average Bonchev–Trinajstić information content (AvgIpc) is 2.54. The molecule has 2 aromatic rings. The molecule has 2 rings (SSSR count). The molecule has 0 unspecified atom stereocenters. The molecule has 120 valence electrons. The lowest BCUT2D eigenvalue weighted by Crippen LogP contribution is -2.09. The Hall–Kier alpha value is -1.98. The van der Waals surface area contributed by atoms with Gasteiger partial charge in [-0.1, -0.05) is 45.7 Å². The second-order valence-corrected chi connectivity index (χ2v) is 5.79. The van der Waals surface area contributed by atoms with E-state index in [1.54, 1.807) is 18.2 Å². The highest BCUT2D eigenvalue weighted by molar-refractivity contribution is 9.10. The number of benzene rings is 2. The first-order chi connectivity index (χ1) is 11.0. The minimum Gasteiger partial charge on any atom is -0.495 e. The van der Waals surface area contributed by atoms with Gasteiger partial charge in [-0.25, -0.2) is 0 Å². The summed E-state index contributed by atoms with van der Waals surface area (Å²) in [6.45, 7) is 0. The number of anilines is 1. The van der Waals surface area contributed by atoms with Crippen LogP contribution >= 0.6 is 27.5 Å². The molecule has 2 aromatic carbocycles. The summed E-state index contributed by atoms with van der Waals surface area (Å²) in [6, 6.07) is 10.8. The van der Waals surface area contributed by atoms with E-state index in [1.165, 1.54) is 20.3 Å². The molecule has 0 aliphatic heterocycles. The minimum atomic E-state index is -0.291. The molecule has 1 amide bonds. The number of ether oxygens (including phenoxy) is 2. The van der Waals surface area contributed by atoms with Crippen LogP contribution in [0, 0.1) is 0 Å². The number of hydrogen-bond acceptors (Lipinski definition) is 3. The van der Waals surface area contributed by atoms with E-state index < -0.39 is 0 Å². The maximum absolute atomic E-state index is 12.1. The molecular formula is C17H15BrClNO3. The molecule has 0 fully saturated rings. The molecule has 0 aliphatic rings. The number of rotatable bonds is 5. The Morgan fingerprint density at radius 2 is 1.87 bits per heavy atom. The largest absolute Gasteiger partial charge is 0.495 e. The van der Waals surface area contributed by atoms with Crippen molar-refractivity contribution >= 4 is 45.2 Å². The molecule has 4 nitrogen and oxygen atoms in total. The summed E-state index contributed by atoms with van der Waals surface area (Å²) in [5, 5.41) is 3.12. The van der Waals surface area contributed by atoms with E-state index in [4.69, 9.17) is 21.1 Å². The number of methoxy groups -OCH3 is 2. The van der Waals surface area contributed by atoms with Gasteiger partial charge in [0.1, 0.15) is 11.5 Å². The molecule has 0 radical (unpaired) electrons. The lowest BCUT2D eigenvalue weighted by molar-refractivity contribution is -0.111. The number of halogens is 2. The van der Waals surface area contributed by atoms with Crippen LogP contribution in [0.1, 0.15) is 5.56 Å². The van der Waals surface area contributed by atoms with Gasteiger partial charge in [0.15, 0.2) is 0 Å². The molecule has 0 heterocycles. The maximum Gasteiger partial charge on any atom is 0.248 e. The smallest absolute Gasteiger partial charge is 0.248 e. The molecule has 0 saturated heterocycles. The third-order valence-electron chi connectivity index (χ3n) is 3.05. The fraction of sp³-hybridized carbons (Fsp3) is 0.118. The summed E-state index contributed by atoms with van der Waals surface area (Å²) < 4.78 is 11.3. The van der Waals surface area contributed by atoms with E-state index in [1.807, 2.05) is 24.3 Å². The number of carbonyl (C=O) groups excluding carboxylic acids is 1. The molecular weight excluding hydrogens is 382 g/mol. The summed E-state index contributed by atoms with van der Waals surface area (Å²) in [7, 11) is 3.02. The Kier molecular flexibility index (Phi) is 6.07. The topological polar surface area (TPSA) is 47.6 Å². The highest BCUT2D eigenvalue weighted by Gasteiger charge is 2.11. The van der Waals surface area contributed by atoms with Crippen LogP contribution in [-0.4, -0.2) is 20.1 Å². The first-order valence-corrected chi connectivity index (χ1v) is 7.87. The Bertz CT molecular complexity index is 747. The average molecular weight is 397 g/mol. The lowest BCUT2D eigenvalue weighted by atomic mass is 10.2. The molecule has 0 atom stereocenters. The van der Waals surface area contributed by atoms with Crippen molar-refractivity contribution in [2.75, 3.05) is 19.5 Å². The monoisotopic (exact) mass is 395 g/mol. The first kappa shape index (κ1) is 17.4. The zero-order valence-corrected chi connectivity index (χ0v) is 14.9. The van der Waals surface area contributed by atoms with E-state index in [2.05, 4.69) is 21.2 Å². The molecule has 6 heteroatoms. The summed E-state index contributed by atoms with van der Waals surface area (Å²) in [6.07, 6.45) is 3.16. The molecule has 0 bridgehead atoms. The first-order valence-electron chi connectivity index (χ1n) is 6.70. The van der Waals surface area contributed by atoms with Crippen molar-refractivity contribution in [1.82, 2.24) is 0 Å². The van der Waals surface area contributed by atoms with Gasteiger partial charge in [-0.05, 0) is 23.8 Å². The van der Waals surface area contributed by atoms with Crippen LogP contribution in [0.4, 0.5) is 5.69 Å². The van der Waals surface area contributed by atoms with Gasteiger partial charge in [0.2, 0.25) is 5.91 Å². The summed E-state index contributed by atoms with van der Waals surface area (Å²) in [4.78, 5) is 12.1. The molecule has 0 aliphatic carbocycles. The van der Waals surface area contributed by atoms with Gasteiger partial charge < -0.3 is 14.8 Å². The predicted molar refractivity (Wildman–Crippen MR) is 96.4 cm³/mol. The van der Waals surface area contributed by atoms with Crippen molar-refractivity contribution in [2.45, 2.75) is 0 Å². The van der Waals surface area contributed by atoms with Crippen LogP contribution in [0.15, 0.2) is 46.9 Å². The van der Waals surface area contributed by atoms with Gasteiger partial charge in [-0.3, -0.25) is 4.79 Å². The van der Waals surface area contributed by atoms with Crippen LogP contribution in [0.2, 0.25) is 5.02 Å². The van der Waals surface area contributed by atoms with E-state index in [0.29, 0.717) is 22.2 Å². The Balaban J connectivity index is 2.17. The van der Waals surface area contributed by atoms with Gasteiger partial charge >= 0.3 is 0 Å².